The van der Waals surface area contributed by atoms with Crippen molar-refractivity contribution >= 4 is 66.8 Å². The fraction of sp³-hybridized carbons (Fsp3) is 0.375. The van der Waals surface area contributed by atoms with Crippen molar-refractivity contribution in [2.45, 2.75) is 18.1 Å². The van der Waals surface area contributed by atoms with Crippen LogP contribution in [0.3, 0.4) is 0 Å². The molecule has 16 nitrogen and oxygen atoms in total. The van der Waals surface area contributed by atoms with Gasteiger partial charge >= 0.3 is 5.97 Å². The molecule has 0 saturated carbocycles. The van der Waals surface area contributed by atoms with Gasteiger partial charge in [-0.15, -0.1) is 5.06 Å². The smallest absolute Gasteiger partial charge is 0.334 e. The van der Waals surface area contributed by atoms with Crippen LogP contribution in [0.25, 0.3) is 10.4 Å². The number of carbonyl (C=O) groups is 4. The lowest BCUT2D eigenvalue weighted by Crippen LogP contribution is -2.36. The van der Waals surface area contributed by atoms with E-state index in [1.165, 1.54) is 27.7 Å². The van der Waals surface area contributed by atoms with Gasteiger partial charge in [0.05, 0.1) is 17.8 Å². The Hall–Kier alpha value is -3.38. The molecule has 0 aromatic heterocycles. The Balaban J connectivity index is 1.72. The van der Waals surface area contributed by atoms with Crippen LogP contribution in [0.4, 0.5) is 11.4 Å². The van der Waals surface area contributed by atoms with E-state index >= 15 is 0 Å². The molecule has 1 saturated heterocycles. The number of hydrogen-bond acceptors (Lipinski definition) is 12. The van der Waals surface area contributed by atoms with Gasteiger partial charge in [0, 0.05) is 34.7 Å². The van der Waals surface area contributed by atoms with E-state index in [1.54, 1.807) is 0 Å². The van der Waals surface area contributed by atoms with Crippen molar-refractivity contribution in [1.29, 1.82) is 0 Å². The molecule has 1 atom stereocenters. The van der Waals surface area contributed by atoms with Gasteiger partial charge < -0.3 is 10.2 Å². The summed E-state index contributed by atoms with van der Waals surface area (Å²) in [7, 11) is -2.39. The first-order chi connectivity index (χ1) is 16.5. The molecule has 0 aliphatic carbocycles. The van der Waals surface area contributed by atoms with Crippen LogP contribution in [-0.2, 0) is 29.3 Å². The number of nitro benzene ring substituents is 1. The Morgan fingerprint density at radius 1 is 1.34 bits per heavy atom. The summed E-state index contributed by atoms with van der Waals surface area (Å²) in [6.07, 6.45) is -1.07. The lowest BCUT2D eigenvalue weighted by molar-refractivity contribution is -0.385. The first-order valence-electron chi connectivity index (χ1n) is 9.35. The number of nitrogens with zero attached hydrogens (tertiary/aromatic N) is 5. The highest BCUT2D eigenvalue weighted by Crippen LogP contribution is 2.25. The van der Waals surface area contributed by atoms with E-state index in [-0.39, 0.29) is 35.0 Å². The summed E-state index contributed by atoms with van der Waals surface area (Å²) < 4.78 is 31.1. The summed E-state index contributed by atoms with van der Waals surface area (Å²) >= 11 is 0. The highest BCUT2D eigenvalue weighted by Gasteiger charge is 2.48. The fourth-order valence-electron chi connectivity index (χ4n) is 2.58. The highest BCUT2D eigenvalue weighted by molar-refractivity contribution is 8.76. The summed E-state index contributed by atoms with van der Waals surface area (Å²) in [5.41, 5.74) is 7.76. The van der Waals surface area contributed by atoms with Gasteiger partial charge in [-0.25, -0.2) is 4.79 Å². The molecule has 3 amide bonds. The first kappa shape index (κ1) is 27.9. The van der Waals surface area contributed by atoms with Crippen LogP contribution in [-0.4, -0.2) is 69.9 Å². The predicted molar refractivity (Wildman–Crippen MR) is 122 cm³/mol. The number of benzene rings is 1. The summed E-state index contributed by atoms with van der Waals surface area (Å²) in [6, 6.07) is 3.35. The van der Waals surface area contributed by atoms with Crippen molar-refractivity contribution < 1.29 is 41.9 Å². The third-order valence-corrected chi connectivity index (χ3v) is 7.64. The van der Waals surface area contributed by atoms with Gasteiger partial charge in [0.25, 0.3) is 33.5 Å². The van der Waals surface area contributed by atoms with E-state index in [0.29, 0.717) is 5.75 Å². The quantitative estimate of drug-likeness (QED) is 0.0435. The average molecular weight is 549 g/mol. The Bertz CT molecular complexity index is 1200. The van der Waals surface area contributed by atoms with Crippen LogP contribution in [0.5, 0.6) is 0 Å². The third-order valence-electron chi connectivity index (χ3n) is 4.14. The van der Waals surface area contributed by atoms with Crippen molar-refractivity contribution in [2.75, 3.05) is 18.1 Å². The molecule has 1 heterocycles. The standard InChI is InChI=1S/C16H16N6O10S3/c17-20-19-9-1-2-11(22(27)28)10(7-9)15(25)18-4-6-34-33-5-3-14(24)32-21-13(23)8-12(16(21)26)35(29,30)31/h1-2,7,12H,3-6,8H2,(H,18,25)(H,29,30,31). The van der Waals surface area contributed by atoms with Gasteiger partial charge in [-0.3, -0.25) is 29.1 Å². The topological polar surface area (TPSA) is 239 Å². The van der Waals surface area contributed by atoms with Gasteiger partial charge in [-0.2, -0.15) is 8.42 Å². The third kappa shape index (κ3) is 7.82. The molecular weight excluding hydrogens is 532 g/mol. The molecule has 1 fully saturated rings. The summed E-state index contributed by atoms with van der Waals surface area (Å²) in [5.74, 6) is -3.63. The van der Waals surface area contributed by atoms with Crippen molar-refractivity contribution in [3.05, 3.63) is 44.3 Å². The van der Waals surface area contributed by atoms with E-state index in [2.05, 4.69) is 20.2 Å². The first-order valence-corrected chi connectivity index (χ1v) is 13.3. The molecule has 1 aliphatic rings. The maximum atomic E-state index is 12.3. The average Bonchev–Trinajstić information content (AvgIpc) is 3.07. The van der Waals surface area contributed by atoms with Crippen molar-refractivity contribution in [3.63, 3.8) is 0 Å². The maximum Gasteiger partial charge on any atom is 0.334 e. The zero-order valence-electron chi connectivity index (χ0n) is 17.4. The van der Waals surface area contributed by atoms with Gasteiger partial charge in [-0.05, 0) is 17.7 Å². The molecule has 1 aromatic carbocycles. The van der Waals surface area contributed by atoms with Crippen LogP contribution in [0.2, 0.25) is 0 Å². The minimum Gasteiger partial charge on any atom is -0.351 e. The van der Waals surface area contributed by atoms with E-state index in [1.807, 2.05) is 0 Å². The molecule has 0 bridgehead atoms. The van der Waals surface area contributed by atoms with Gasteiger partial charge in [0.2, 0.25) is 0 Å². The molecule has 1 aliphatic heterocycles. The maximum absolute atomic E-state index is 12.3. The lowest BCUT2D eigenvalue weighted by Gasteiger charge is -2.13. The fourth-order valence-corrected chi connectivity index (χ4v) is 5.16. The molecule has 2 rings (SSSR count). The SMILES string of the molecule is [N-]=[N+]=Nc1ccc([N+](=O)[O-])c(C(=O)NCCSSCCC(=O)ON2C(=O)CC(S(=O)(=O)O)C2=O)c1. The molecule has 1 aromatic rings. The number of carbonyl (C=O) groups excluding carboxylic acids is 4. The Kier molecular flexibility index (Phi) is 9.84. The molecule has 19 heteroatoms. The number of azide groups is 1. The van der Waals surface area contributed by atoms with E-state index in [0.717, 1.165) is 12.1 Å². The number of nitrogens with one attached hydrogen (secondary N) is 1. The normalized spacial score (nSPS) is 15.5. The Morgan fingerprint density at radius 3 is 2.63 bits per heavy atom. The number of amides is 3. The minimum absolute atomic E-state index is 0.0181. The second kappa shape index (κ2) is 12.4. The van der Waals surface area contributed by atoms with E-state index in [4.69, 9.17) is 10.1 Å². The van der Waals surface area contributed by atoms with Crippen LogP contribution in [0, 0.1) is 10.1 Å². The highest BCUT2D eigenvalue weighted by atomic mass is 33.1. The van der Waals surface area contributed by atoms with Crippen LogP contribution in [0.15, 0.2) is 23.3 Å². The lowest BCUT2D eigenvalue weighted by atomic mass is 10.1. The zero-order valence-corrected chi connectivity index (χ0v) is 19.9. The van der Waals surface area contributed by atoms with E-state index < -0.39 is 56.1 Å². The minimum atomic E-state index is -4.81. The number of imide groups is 1. The molecule has 0 radical (unpaired) electrons. The van der Waals surface area contributed by atoms with Gasteiger partial charge in [0.15, 0.2) is 5.25 Å². The van der Waals surface area contributed by atoms with E-state index in [9.17, 15) is 37.7 Å². The summed E-state index contributed by atoms with van der Waals surface area (Å²) in [4.78, 5) is 65.0. The zero-order chi connectivity index (χ0) is 26.2. The Labute approximate surface area is 204 Å². The van der Waals surface area contributed by atoms with Crippen molar-refractivity contribution in [2.24, 2.45) is 5.11 Å². The van der Waals surface area contributed by atoms with Crippen LogP contribution in [0.1, 0.15) is 23.2 Å². The largest absolute Gasteiger partial charge is 0.351 e. The number of hydrogen-bond donors (Lipinski definition) is 2. The molecule has 188 valence electrons. The molecule has 0 spiro atoms. The van der Waals surface area contributed by atoms with Crippen LogP contribution < -0.4 is 5.32 Å². The van der Waals surface area contributed by atoms with Gasteiger partial charge in [-0.1, -0.05) is 26.7 Å². The summed E-state index contributed by atoms with van der Waals surface area (Å²) in [6.45, 7) is 0.109. The second-order valence-corrected chi connectivity index (χ2v) is 10.8. The van der Waals surface area contributed by atoms with Crippen molar-refractivity contribution in [3.8, 4) is 0 Å². The predicted octanol–water partition coefficient (Wildman–Crippen LogP) is 1.51. The summed E-state index contributed by atoms with van der Waals surface area (Å²) in [5, 5.41) is 14.9. The monoisotopic (exact) mass is 548 g/mol. The number of hydroxylamine groups is 2. The van der Waals surface area contributed by atoms with Gasteiger partial charge in [0.1, 0.15) is 5.56 Å². The number of rotatable bonds is 12. The molecule has 35 heavy (non-hydrogen) atoms. The van der Waals surface area contributed by atoms with Crippen LogP contribution >= 0.6 is 21.6 Å². The van der Waals surface area contributed by atoms with Crippen molar-refractivity contribution in [1.82, 2.24) is 10.4 Å². The molecular formula is C16H16N6O10S3. The molecule has 2 N–H and O–H groups in total. The molecule has 1 unspecified atom stereocenters. The Morgan fingerprint density at radius 2 is 2.03 bits per heavy atom. The second-order valence-electron chi connectivity index (χ2n) is 6.50. The number of nitro groups is 1.